The number of phenolic OH excluding ortho intramolecular Hbond substituents is 2. The minimum absolute atomic E-state index is 0.0425. The third kappa shape index (κ3) is 3.41. The lowest BCUT2D eigenvalue weighted by molar-refractivity contribution is -0.117. The molecule has 1 fully saturated rings. The van der Waals surface area contributed by atoms with Crippen LogP contribution >= 0.6 is 11.8 Å². The normalized spacial score (nSPS) is 18.9. The molecular formula is C13H15NO4S. The second-order valence-corrected chi connectivity index (χ2v) is 5.78. The van der Waals surface area contributed by atoms with Crippen molar-refractivity contribution in [3.63, 3.8) is 0 Å². The van der Waals surface area contributed by atoms with Crippen LogP contribution in [0.4, 0.5) is 5.69 Å². The average Bonchev–Trinajstić information content (AvgIpc) is 2.66. The summed E-state index contributed by atoms with van der Waals surface area (Å²) in [7, 11) is 0. The van der Waals surface area contributed by atoms with Crippen molar-refractivity contribution in [1.29, 1.82) is 0 Å². The number of aromatic hydroxyl groups is 2. The lowest BCUT2D eigenvalue weighted by Crippen LogP contribution is -2.24. The average molecular weight is 281 g/mol. The molecule has 19 heavy (non-hydrogen) atoms. The summed E-state index contributed by atoms with van der Waals surface area (Å²) in [6, 6.07) is 4.10. The Labute approximate surface area is 115 Å². The molecule has 1 heterocycles. The number of anilines is 1. The molecule has 1 aromatic carbocycles. The summed E-state index contributed by atoms with van der Waals surface area (Å²) < 4.78 is 0. The van der Waals surface area contributed by atoms with Crippen LogP contribution in [0.2, 0.25) is 0 Å². The van der Waals surface area contributed by atoms with Crippen molar-refractivity contribution in [1.82, 2.24) is 0 Å². The van der Waals surface area contributed by atoms with E-state index in [1.807, 2.05) is 0 Å². The Kier molecular flexibility index (Phi) is 3.99. The van der Waals surface area contributed by atoms with Gasteiger partial charge in [-0.3, -0.25) is 9.59 Å². The van der Waals surface area contributed by atoms with Gasteiger partial charge < -0.3 is 15.1 Å². The van der Waals surface area contributed by atoms with Crippen LogP contribution in [0.1, 0.15) is 13.3 Å². The molecule has 1 aliphatic rings. The van der Waals surface area contributed by atoms with Crippen molar-refractivity contribution in [2.75, 3.05) is 17.2 Å². The number of amides is 1. The van der Waals surface area contributed by atoms with E-state index in [4.69, 9.17) is 0 Å². The summed E-state index contributed by atoms with van der Waals surface area (Å²) in [6.07, 6.45) is 0.386. The maximum atomic E-state index is 11.9. The van der Waals surface area contributed by atoms with Crippen molar-refractivity contribution >= 4 is 28.5 Å². The van der Waals surface area contributed by atoms with Crippen LogP contribution in [-0.4, -0.2) is 33.5 Å². The van der Waals surface area contributed by atoms with E-state index >= 15 is 0 Å². The van der Waals surface area contributed by atoms with Crippen LogP contribution in [0.15, 0.2) is 18.2 Å². The number of hydrogen-bond acceptors (Lipinski definition) is 5. The molecule has 1 atom stereocenters. The molecule has 2 rings (SSSR count). The number of rotatable bonds is 3. The monoisotopic (exact) mass is 281 g/mol. The van der Waals surface area contributed by atoms with Gasteiger partial charge in [-0.2, -0.15) is 0 Å². The van der Waals surface area contributed by atoms with E-state index in [2.05, 4.69) is 0 Å². The summed E-state index contributed by atoms with van der Waals surface area (Å²) in [5.74, 6) is 0.515. The number of benzene rings is 1. The molecule has 0 bridgehead atoms. The Morgan fingerprint density at radius 1 is 1.37 bits per heavy atom. The quantitative estimate of drug-likeness (QED) is 0.882. The largest absolute Gasteiger partial charge is 0.508 e. The van der Waals surface area contributed by atoms with Gasteiger partial charge in [0.05, 0.1) is 5.69 Å². The highest BCUT2D eigenvalue weighted by Gasteiger charge is 2.31. The van der Waals surface area contributed by atoms with Gasteiger partial charge in [0.1, 0.15) is 11.5 Å². The lowest BCUT2D eigenvalue weighted by atomic mass is 10.1. The summed E-state index contributed by atoms with van der Waals surface area (Å²) in [5.41, 5.74) is 0.484. The van der Waals surface area contributed by atoms with Gasteiger partial charge in [0, 0.05) is 43.8 Å². The Bertz CT molecular complexity index is 497. The molecule has 1 amide bonds. The summed E-state index contributed by atoms with van der Waals surface area (Å²) in [4.78, 5) is 24.4. The first-order valence-electron chi connectivity index (χ1n) is 5.92. The predicted molar refractivity (Wildman–Crippen MR) is 73.4 cm³/mol. The van der Waals surface area contributed by atoms with Gasteiger partial charge in [0.25, 0.3) is 0 Å². The van der Waals surface area contributed by atoms with Gasteiger partial charge in [0.15, 0.2) is 5.12 Å². The van der Waals surface area contributed by atoms with Gasteiger partial charge in [-0.1, -0.05) is 11.8 Å². The smallest absolute Gasteiger partial charge is 0.227 e. The predicted octanol–water partition coefficient (Wildman–Crippen LogP) is 1.73. The first-order chi connectivity index (χ1) is 8.95. The molecule has 6 heteroatoms. The SMILES string of the molecule is CC(=O)SCC1CC(=O)N(c2cc(O)cc(O)c2)C1. The molecule has 0 aliphatic carbocycles. The van der Waals surface area contributed by atoms with Crippen molar-refractivity contribution in [3.05, 3.63) is 18.2 Å². The lowest BCUT2D eigenvalue weighted by Gasteiger charge is -2.17. The molecule has 0 aromatic heterocycles. The highest BCUT2D eigenvalue weighted by atomic mass is 32.2. The van der Waals surface area contributed by atoms with Crippen LogP contribution in [0.5, 0.6) is 11.5 Å². The maximum Gasteiger partial charge on any atom is 0.227 e. The zero-order chi connectivity index (χ0) is 14.0. The molecule has 5 nitrogen and oxygen atoms in total. The molecule has 1 unspecified atom stereocenters. The second kappa shape index (κ2) is 5.52. The van der Waals surface area contributed by atoms with Crippen molar-refractivity contribution in [2.24, 2.45) is 5.92 Å². The number of phenols is 2. The van der Waals surface area contributed by atoms with Gasteiger partial charge >= 0.3 is 0 Å². The second-order valence-electron chi connectivity index (χ2n) is 4.58. The molecule has 1 saturated heterocycles. The topological polar surface area (TPSA) is 77.8 Å². The van der Waals surface area contributed by atoms with Crippen LogP contribution < -0.4 is 4.90 Å². The number of carbonyl (C=O) groups excluding carboxylic acids is 2. The van der Waals surface area contributed by atoms with Crippen LogP contribution in [0, 0.1) is 5.92 Å². The van der Waals surface area contributed by atoms with E-state index < -0.39 is 0 Å². The number of thioether (sulfide) groups is 1. The fraction of sp³-hybridized carbons (Fsp3) is 0.385. The Hall–Kier alpha value is -1.69. The molecule has 0 spiro atoms. The molecule has 2 N–H and O–H groups in total. The molecule has 102 valence electrons. The van der Waals surface area contributed by atoms with Gasteiger partial charge in [-0.05, 0) is 5.92 Å². The van der Waals surface area contributed by atoms with Gasteiger partial charge in [0.2, 0.25) is 5.91 Å². The maximum absolute atomic E-state index is 11.9. The zero-order valence-corrected chi connectivity index (χ0v) is 11.3. The van der Waals surface area contributed by atoms with E-state index in [1.54, 1.807) is 0 Å². The van der Waals surface area contributed by atoms with Crippen molar-refractivity contribution in [3.8, 4) is 11.5 Å². The molecular weight excluding hydrogens is 266 g/mol. The standard InChI is InChI=1S/C13H15NO4S/c1-8(15)19-7-9-2-13(18)14(6-9)10-3-11(16)5-12(17)4-10/h3-5,9,16-17H,2,6-7H2,1H3. The minimum Gasteiger partial charge on any atom is -0.508 e. The molecule has 1 aliphatic heterocycles. The third-order valence-electron chi connectivity index (χ3n) is 2.93. The molecule has 1 aromatic rings. The van der Waals surface area contributed by atoms with E-state index in [-0.39, 0.29) is 28.4 Å². The van der Waals surface area contributed by atoms with Crippen molar-refractivity contribution < 1.29 is 19.8 Å². The summed E-state index contributed by atoms with van der Waals surface area (Å²) in [6.45, 7) is 2.01. The van der Waals surface area contributed by atoms with Crippen molar-refractivity contribution in [2.45, 2.75) is 13.3 Å². The van der Waals surface area contributed by atoms with Crippen LogP contribution in [0.25, 0.3) is 0 Å². The fourth-order valence-corrected chi connectivity index (χ4v) is 2.81. The number of carbonyl (C=O) groups is 2. The first kappa shape index (κ1) is 13.7. The van der Waals surface area contributed by atoms with Gasteiger partial charge in [-0.15, -0.1) is 0 Å². The van der Waals surface area contributed by atoms with E-state index in [0.717, 1.165) is 0 Å². The summed E-state index contributed by atoms with van der Waals surface area (Å²) in [5, 5.41) is 18.9. The highest BCUT2D eigenvalue weighted by Crippen LogP contribution is 2.32. The number of nitrogens with zero attached hydrogens (tertiary/aromatic N) is 1. The van der Waals surface area contributed by atoms with E-state index in [0.29, 0.717) is 24.4 Å². The van der Waals surface area contributed by atoms with E-state index in [1.165, 1.54) is 41.8 Å². The molecule has 0 radical (unpaired) electrons. The van der Waals surface area contributed by atoms with Crippen LogP contribution in [0.3, 0.4) is 0 Å². The van der Waals surface area contributed by atoms with Gasteiger partial charge in [-0.25, -0.2) is 0 Å². The minimum atomic E-state index is -0.0793. The Morgan fingerprint density at radius 2 is 2.00 bits per heavy atom. The summed E-state index contributed by atoms with van der Waals surface area (Å²) >= 11 is 1.22. The Morgan fingerprint density at radius 3 is 2.58 bits per heavy atom. The highest BCUT2D eigenvalue weighted by molar-refractivity contribution is 8.13. The number of hydrogen-bond donors (Lipinski definition) is 2. The molecule has 0 saturated carbocycles. The Balaban J connectivity index is 2.09. The third-order valence-corrected chi connectivity index (χ3v) is 3.97. The first-order valence-corrected chi connectivity index (χ1v) is 6.91. The van der Waals surface area contributed by atoms with E-state index in [9.17, 15) is 19.8 Å². The zero-order valence-electron chi connectivity index (χ0n) is 10.5. The fourth-order valence-electron chi connectivity index (χ4n) is 2.11. The van der Waals surface area contributed by atoms with Crippen LogP contribution in [-0.2, 0) is 9.59 Å².